The van der Waals surface area contributed by atoms with Crippen molar-refractivity contribution in [2.45, 2.75) is 26.3 Å². The van der Waals surface area contributed by atoms with E-state index < -0.39 is 0 Å². The van der Waals surface area contributed by atoms with Gasteiger partial charge in [0.15, 0.2) is 11.5 Å². The molecule has 0 aliphatic carbocycles. The zero-order chi connectivity index (χ0) is 24.0. The lowest BCUT2D eigenvalue weighted by molar-refractivity contribution is 0.731. The molecule has 0 spiro atoms. The molecular formula is C26H25BrN6O. The zero-order valence-electron chi connectivity index (χ0n) is 19.5. The van der Waals surface area contributed by atoms with Crippen LogP contribution >= 0.6 is 15.9 Å². The smallest absolute Gasteiger partial charge is 0.330 e. The third-order valence-corrected chi connectivity index (χ3v) is 6.49. The highest BCUT2D eigenvalue weighted by molar-refractivity contribution is 9.10. The fourth-order valence-corrected chi connectivity index (χ4v) is 4.77. The summed E-state index contributed by atoms with van der Waals surface area (Å²) in [6.45, 7) is 4.73. The van der Waals surface area contributed by atoms with Crippen LogP contribution in [0.1, 0.15) is 30.9 Å². The Bertz CT molecular complexity index is 1560. The van der Waals surface area contributed by atoms with Gasteiger partial charge in [-0.3, -0.25) is 9.13 Å². The second-order valence-corrected chi connectivity index (χ2v) is 9.58. The minimum atomic E-state index is -0.115. The molecule has 0 aliphatic rings. The molecule has 0 aliphatic heterocycles. The fraction of sp³-hybridized carbons (Fsp3) is 0.231. The van der Waals surface area contributed by atoms with Gasteiger partial charge in [-0.05, 0) is 33.0 Å². The molecule has 0 bridgehead atoms. The Morgan fingerprint density at radius 2 is 1.74 bits per heavy atom. The normalized spacial score (nSPS) is 11.6. The van der Waals surface area contributed by atoms with Gasteiger partial charge >= 0.3 is 5.69 Å². The zero-order valence-corrected chi connectivity index (χ0v) is 21.1. The number of aryl methyl sites for hydroxylation is 2. The van der Waals surface area contributed by atoms with Gasteiger partial charge in [0.1, 0.15) is 15.9 Å². The molecule has 5 rings (SSSR count). The first kappa shape index (κ1) is 22.3. The second-order valence-electron chi connectivity index (χ2n) is 8.77. The molecule has 8 heteroatoms. The summed E-state index contributed by atoms with van der Waals surface area (Å²) < 4.78 is 6.09. The van der Waals surface area contributed by atoms with Gasteiger partial charge in [-0.1, -0.05) is 62.4 Å². The highest BCUT2D eigenvalue weighted by Gasteiger charge is 2.17. The number of fused-ring (bicyclic) bond motifs is 1. The first-order valence-corrected chi connectivity index (χ1v) is 11.9. The van der Waals surface area contributed by atoms with Gasteiger partial charge < -0.3 is 4.57 Å². The number of benzene rings is 2. The van der Waals surface area contributed by atoms with Crippen LogP contribution < -0.4 is 5.69 Å². The van der Waals surface area contributed by atoms with Crippen molar-refractivity contribution in [2.24, 2.45) is 14.1 Å². The van der Waals surface area contributed by atoms with Gasteiger partial charge in [-0.2, -0.15) is 0 Å². The fourth-order valence-electron chi connectivity index (χ4n) is 4.29. The predicted molar refractivity (Wildman–Crippen MR) is 138 cm³/mol. The number of hydrogen-bond acceptors (Lipinski definition) is 4. The molecule has 0 N–H and O–H groups in total. The van der Waals surface area contributed by atoms with Crippen molar-refractivity contribution in [1.29, 1.82) is 0 Å². The molecule has 0 saturated heterocycles. The van der Waals surface area contributed by atoms with E-state index in [4.69, 9.17) is 4.98 Å². The molecule has 5 aromatic rings. The molecule has 34 heavy (non-hydrogen) atoms. The summed E-state index contributed by atoms with van der Waals surface area (Å²) in [5.41, 5.74) is 5.43. The van der Waals surface area contributed by atoms with Gasteiger partial charge in [0, 0.05) is 31.4 Å². The minimum absolute atomic E-state index is 0.115. The average molecular weight is 517 g/mol. The highest BCUT2D eigenvalue weighted by atomic mass is 79.9. The first-order valence-electron chi connectivity index (χ1n) is 11.1. The predicted octanol–water partition coefficient (Wildman–Crippen LogP) is 5.13. The lowest BCUT2D eigenvalue weighted by Crippen LogP contribution is -2.22. The number of aromatic nitrogens is 6. The van der Waals surface area contributed by atoms with Gasteiger partial charge in [-0.15, -0.1) is 0 Å². The molecular weight excluding hydrogens is 492 g/mol. The van der Waals surface area contributed by atoms with Gasteiger partial charge in [0.05, 0.1) is 12.7 Å². The van der Waals surface area contributed by atoms with E-state index in [-0.39, 0.29) is 5.69 Å². The second kappa shape index (κ2) is 8.68. The van der Waals surface area contributed by atoms with E-state index >= 15 is 0 Å². The van der Waals surface area contributed by atoms with E-state index in [9.17, 15) is 4.79 Å². The Morgan fingerprint density at radius 3 is 2.41 bits per heavy atom. The van der Waals surface area contributed by atoms with Crippen LogP contribution in [0.4, 0.5) is 0 Å². The number of rotatable bonds is 5. The van der Waals surface area contributed by atoms with Gasteiger partial charge in [-0.25, -0.2) is 19.7 Å². The van der Waals surface area contributed by atoms with Crippen molar-refractivity contribution in [2.75, 3.05) is 0 Å². The van der Waals surface area contributed by atoms with Crippen molar-refractivity contribution < 1.29 is 0 Å². The average Bonchev–Trinajstić information content (AvgIpc) is 3.30. The SMILES string of the molecule is CC(C)c1ccccc1-c1ncc2c(n1)n(Cc1ccc(-c3nc(Br)cn3C)cc1)c(=O)n2C. The van der Waals surface area contributed by atoms with Gasteiger partial charge in [0.2, 0.25) is 0 Å². The maximum absolute atomic E-state index is 13.1. The van der Waals surface area contributed by atoms with E-state index in [1.165, 1.54) is 5.56 Å². The van der Waals surface area contributed by atoms with Crippen molar-refractivity contribution in [3.8, 4) is 22.8 Å². The Balaban J connectivity index is 1.55. The molecule has 7 nitrogen and oxygen atoms in total. The molecule has 0 amide bonds. The van der Waals surface area contributed by atoms with Crippen LogP contribution in [-0.2, 0) is 20.6 Å². The maximum atomic E-state index is 13.1. The van der Waals surface area contributed by atoms with Crippen LogP contribution in [0, 0.1) is 0 Å². The van der Waals surface area contributed by atoms with E-state index in [2.05, 4.69) is 45.8 Å². The lowest BCUT2D eigenvalue weighted by Gasteiger charge is -2.11. The van der Waals surface area contributed by atoms with Crippen molar-refractivity contribution in [3.63, 3.8) is 0 Å². The summed E-state index contributed by atoms with van der Waals surface area (Å²) in [6, 6.07) is 16.3. The Kier molecular flexibility index (Phi) is 5.69. The monoisotopic (exact) mass is 516 g/mol. The van der Waals surface area contributed by atoms with E-state index in [0.717, 1.165) is 27.1 Å². The third kappa shape index (κ3) is 3.88. The Labute approximate surface area is 205 Å². The third-order valence-electron chi connectivity index (χ3n) is 6.11. The number of nitrogens with zero attached hydrogens (tertiary/aromatic N) is 6. The molecule has 172 valence electrons. The molecule has 0 atom stereocenters. The standard InChI is InChI=1S/C26H25BrN6O/c1-16(2)19-7-5-6-8-20(19)23-28-13-21-25(30-23)33(26(34)32(21)4)14-17-9-11-18(12-10-17)24-29-22(27)15-31(24)3/h5-13,15-16H,14H2,1-4H3. The summed E-state index contributed by atoms with van der Waals surface area (Å²) in [4.78, 5) is 27.1. The quantitative estimate of drug-likeness (QED) is 0.324. The van der Waals surface area contributed by atoms with Crippen LogP contribution in [0.25, 0.3) is 33.9 Å². The summed E-state index contributed by atoms with van der Waals surface area (Å²) in [6.07, 6.45) is 3.67. The molecule has 0 saturated carbocycles. The summed E-state index contributed by atoms with van der Waals surface area (Å²) in [5.74, 6) is 1.85. The lowest BCUT2D eigenvalue weighted by atomic mass is 9.97. The van der Waals surface area contributed by atoms with Crippen molar-refractivity contribution in [1.82, 2.24) is 28.7 Å². The minimum Gasteiger partial charge on any atom is -0.333 e. The van der Waals surface area contributed by atoms with E-state index in [0.29, 0.717) is 29.5 Å². The molecule has 2 aromatic carbocycles. The topological polar surface area (TPSA) is 70.5 Å². The van der Waals surface area contributed by atoms with Gasteiger partial charge in [0.25, 0.3) is 0 Å². The number of halogens is 1. The van der Waals surface area contributed by atoms with Crippen molar-refractivity contribution >= 4 is 27.1 Å². The van der Waals surface area contributed by atoms with Crippen LogP contribution in [0.5, 0.6) is 0 Å². The Hall–Kier alpha value is -3.52. The van der Waals surface area contributed by atoms with E-state index in [1.807, 2.05) is 60.3 Å². The summed E-state index contributed by atoms with van der Waals surface area (Å²) >= 11 is 3.42. The van der Waals surface area contributed by atoms with Crippen LogP contribution in [0.15, 0.2) is 70.3 Å². The maximum Gasteiger partial charge on any atom is 0.330 e. The summed E-state index contributed by atoms with van der Waals surface area (Å²) in [7, 11) is 3.72. The summed E-state index contributed by atoms with van der Waals surface area (Å²) in [5, 5.41) is 0. The van der Waals surface area contributed by atoms with Crippen LogP contribution in [-0.4, -0.2) is 28.7 Å². The molecule has 0 radical (unpaired) electrons. The highest BCUT2D eigenvalue weighted by Crippen LogP contribution is 2.28. The van der Waals surface area contributed by atoms with Crippen molar-refractivity contribution in [3.05, 3.63) is 87.1 Å². The molecule has 0 fully saturated rings. The molecule has 3 heterocycles. The molecule has 3 aromatic heterocycles. The number of imidazole rings is 2. The largest absolute Gasteiger partial charge is 0.333 e. The van der Waals surface area contributed by atoms with Crippen LogP contribution in [0.2, 0.25) is 0 Å². The van der Waals surface area contributed by atoms with E-state index in [1.54, 1.807) is 22.4 Å². The first-order chi connectivity index (χ1) is 16.3. The molecule has 0 unspecified atom stereocenters. The van der Waals surface area contributed by atoms with Crippen LogP contribution in [0.3, 0.4) is 0 Å². The Morgan fingerprint density at radius 1 is 1.00 bits per heavy atom. The number of hydrogen-bond donors (Lipinski definition) is 0.